The first-order chi connectivity index (χ1) is 13.9. The normalized spacial score (nSPS) is 23.2. The molecule has 2 bridgehead atoms. The number of hydrogen-bond acceptors (Lipinski definition) is 5. The highest BCUT2D eigenvalue weighted by Crippen LogP contribution is 2.41. The minimum Gasteiger partial charge on any atom is -0.444 e. The summed E-state index contributed by atoms with van der Waals surface area (Å²) in [6, 6.07) is 13.7. The van der Waals surface area contributed by atoms with Gasteiger partial charge in [0.1, 0.15) is 6.10 Å². The van der Waals surface area contributed by atoms with E-state index in [4.69, 9.17) is 4.74 Å². The van der Waals surface area contributed by atoms with Crippen LogP contribution in [0.2, 0.25) is 0 Å². The number of carbonyl (C=O) groups is 1. The number of halogens is 1. The van der Waals surface area contributed by atoms with Gasteiger partial charge in [-0.05, 0) is 30.5 Å². The van der Waals surface area contributed by atoms with Crippen LogP contribution in [0.25, 0.3) is 0 Å². The van der Waals surface area contributed by atoms with Crippen molar-refractivity contribution in [1.82, 2.24) is 4.90 Å². The lowest BCUT2D eigenvalue weighted by atomic mass is 10.1. The molecule has 0 aromatic heterocycles. The molecule has 152 valence electrons. The van der Waals surface area contributed by atoms with Crippen LogP contribution in [-0.4, -0.2) is 41.7 Å². The van der Waals surface area contributed by atoms with Crippen LogP contribution in [0.5, 0.6) is 0 Å². The number of nitro groups is 1. The number of likely N-dealkylation sites (tertiary alicyclic amines) is 1. The number of benzene rings is 2. The molecule has 2 aromatic rings. The second-order valence-corrected chi connectivity index (χ2v) is 7.62. The van der Waals surface area contributed by atoms with Crippen molar-refractivity contribution in [2.45, 2.75) is 31.5 Å². The fraction of sp³-hybridized carbons (Fsp3) is 0.381. The predicted molar refractivity (Wildman–Crippen MR) is 105 cm³/mol. The average molecular weight is 399 g/mol. The fourth-order valence-corrected chi connectivity index (χ4v) is 4.37. The Hall–Kier alpha value is -3.00. The molecule has 1 saturated heterocycles. The maximum Gasteiger partial charge on any atom is 0.414 e. The van der Waals surface area contributed by atoms with Gasteiger partial charge in [0.25, 0.3) is 0 Å². The summed E-state index contributed by atoms with van der Waals surface area (Å²) in [5.41, 5.74) is 0.771. The molecule has 0 spiro atoms. The first-order valence-corrected chi connectivity index (χ1v) is 9.60. The van der Waals surface area contributed by atoms with Crippen molar-refractivity contribution in [3.8, 4) is 0 Å². The van der Waals surface area contributed by atoms with Gasteiger partial charge in [-0.2, -0.15) is 4.39 Å². The molecule has 1 aliphatic heterocycles. The highest BCUT2D eigenvalue weighted by molar-refractivity contribution is 5.87. The fourth-order valence-electron chi connectivity index (χ4n) is 4.37. The maximum absolute atomic E-state index is 13.6. The number of amides is 1. The number of ether oxygens (including phenoxy) is 1. The molecule has 29 heavy (non-hydrogen) atoms. The minimum absolute atomic E-state index is 0.167. The number of rotatable bonds is 5. The second-order valence-electron chi connectivity index (χ2n) is 7.62. The standard InChI is InChI=1S/C21H22FN3O4/c1-23(16-8-9-17(22)19(11-16)25(27)28)21(26)29-20-15-7-10-18(20)24(13-15)12-14-5-3-2-4-6-14/h2-6,8-9,11,15,18,20H,7,10,12-13H2,1H3. The van der Waals surface area contributed by atoms with E-state index in [1.54, 1.807) is 0 Å². The van der Waals surface area contributed by atoms with E-state index in [9.17, 15) is 19.3 Å². The highest BCUT2D eigenvalue weighted by Gasteiger charge is 2.49. The van der Waals surface area contributed by atoms with E-state index in [-0.39, 0.29) is 23.8 Å². The van der Waals surface area contributed by atoms with Crippen molar-refractivity contribution < 1.29 is 18.8 Å². The van der Waals surface area contributed by atoms with Crippen LogP contribution >= 0.6 is 0 Å². The lowest BCUT2D eigenvalue weighted by Crippen LogP contribution is -2.38. The van der Waals surface area contributed by atoms with Crippen molar-refractivity contribution in [3.05, 3.63) is 70.0 Å². The third-order valence-electron chi connectivity index (χ3n) is 5.87. The van der Waals surface area contributed by atoms with Gasteiger partial charge in [0.2, 0.25) is 5.82 Å². The van der Waals surface area contributed by atoms with Crippen LogP contribution in [-0.2, 0) is 11.3 Å². The summed E-state index contributed by atoms with van der Waals surface area (Å²) in [5, 5.41) is 11.0. The van der Waals surface area contributed by atoms with Gasteiger partial charge in [0.05, 0.1) is 10.6 Å². The molecule has 3 atom stereocenters. The van der Waals surface area contributed by atoms with Crippen LogP contribution in [0.1, 0.15) is 18.4 Å². The Morgan fingerprint density at radius 2 is 2.03 bits per heavy atom. The number of hydrogen-bond donors (Lipinski definition) is 0. The predicted octanol–water partition coefficient (Wildman–Crippen LogP) is 3.97. The number of nitro benzene ring substituents is 1. The highest BCUT2D eigenvalue weighted by atomic mass is 19.1. The molecular weight excluding hydrogens is 377 g/mol. The molecule has 0 radical (unpaired) electrons. The summed E-state index contributed by atoms with van der Waals surface area (Å²) in [7, 11) is 1.47. The van der Waals surface area contributed by atoms with Gasteiger partial charge in [-0.25, -0.2) is 4.79 Å². The molecule has 2 aromatic carbocycles. The Morgan fingerprint density at radius 3 is 2.76 bits per heavy atom. The zero-order valence-electron chi connectivity index (χ0n) is 16.0. The molecule has 1 amide bonds. The third kappa shape index (κ3) is 3.80. The van der Waals surface area contributed by atoms with Crippen LogP contribution in [0.15, 0.2) is 48.5 Å². The first kappa shape index (κ1) is 19.3. The molecule has 1 heterocycles. The van der Waals surface area contributed by atoms with Crippen molar-refractivity contribution in [1.29, 1.82) is 0 Å². The number of anilines is 1. The van der Waals surface area contributed by atoms with Gasteiger partial charge in [0.15, 0.2) is 0 Å². The average Bonchev–Trinajstić information content (AvgIpc) is 3.24. The maximum atomic E-state index is 13.6. The number of piperidine rings is 1. The largest absolute Gasteiger partial charge is 0.444 e. The zero-order chi connectivity index (χ0) is 20.5. The van der Waals surface area contributed by atoms with Gasteiger partial charge in [-0.1, -0.05) is 30.3 Å². The topological polar surface area (TPSA) is 75.9 Å². The molecule has 1 saturated carbocycles. The van der Waals surface area contributed by atoms with Gasteiger partial charge in [0, 0.05) is 38.2 Å². The molecule has 2 aliphatic rings. The van der Waals surface area contributed by atoms with E-state index in [1.807, 2.05) is 18.2 Å². The zero-order valence-corrected chi connectivity index (χ0v) is 16.0. The van der Waals surface area contributed by atoms with E-state index in [0.29, 0.717) is 0 Å². The van der Waals surface area contributed by atoms with Crippen molar-refractivity contribution >= 4 is 17.5 Å². The molecular formula is C21H22FN3O4. The number of fused-ring (bicyclic) bond motifs is 2. The van der Waals surface area contributed by atoms with Crippen molar-refractivity contribution in [2.24, 2.45) is 5.92 Å². The molecule has 1 aliphatic carbocycles. The third-order valence-corrected chi connectivity index (χ3v) is 5.87. The number of nitrogens with zero attached hydrogens (tertiary/aromatic N) is 3. The molecule has 7 nitrogen and oxygen atoms in total. The number of carbonyl (C=O) groups excluding carboxylic acids is 1. The van der Waals surface area contributed by atoms with Gasteiger partial charge in [-0.15, -0.1) is 0 Å². The Labute approximate surface area is 167 Å². The van der Waals surface area contributed by atoms with Crippen LogP contribution < -0.4 is 4.90 Å². The molecule has 8 heteroatoms. The van der Waals surface area contributed by atoms with Gasteiger partial charge < -0.3 is 4.74 Å². The summed E-state index contributed by atoms with van der Waals surface area (Å²) in [6.07, 6.45) is 1.19. The summed E-state index contributed by atoms with van der Waals surface area (Å²) < 4.78 is 19.4. The van der Waals surface area contributed by atoms with Crippen LogP contribution in [0.3, 0.4) is 0 Å². The van der Waals surface area contributed by atoms with E-state index < -0.39 is 22.5 Å². The van der Waals surface area contributed by atoms with Crippen LogP contribution in [0.4, 0.5) is 20.6 Å². The Bertz CT molecular complexity index is 923. The second kappa shape index (κ2) is 7.79. The van der Waals surface area contributed by atoms with E-state index in [0.717, 1.165) is 38.1 Å². The lowest BCUT2D eigenvalue weighted by molar-refractivity contribution is -0.387. The monoisotopic (exact) mass is 399 g/mol. The van der Waals surface area contributed by atoms with Crippen LogP contribution in [0, 0.1) is 21.8 Å². The summed E-state index contributed by atoms with van der Waals surface area (Å²) in [6.45, 7) is 1.69. The Morgan fingerprint density at radius 1 is 1.28 bits per heavy atom. The van der Waals surface area contributed by atoms with Crippen molar-refractivity contribution in [3.63, 3.8) is 0 Å². The minimum atomic E-state index is -0.939. The summed E-state index contributed by atoms with van der Waals surface area (Å²) >= 11 is 0. The molecule has 2 fully saturated rings. The quantitative estimate of drug-likeness (QED) is 0.562. The van der Waals surface area contributed by atoms with E-state index in [2.05, 4.69) is 17.0 Å². The first-order valence-electron chi connectivity index (χ1n) is 9.60. The van der Waals surface area contributed by atoms with E-state index >= 15 is 0 Å². The molecule has 4 rings (SSSR count). The summed E-state index contributed by atoms with van der Waals surface area (Å²) in [4.78, 5) is 26.4. The van der Waals surface area contributed by atoms with Crippen molar-refractivity contribution in [2.75, 3.05) is 18.5 Å². The smallest absolute Gasteiger partial charge is 0.414 e. The molecule has 0 N–H and O–H groups in total. The molecule has 3 unspecified atom stereocenters. The SMILES string of the molecule is CN(C(=O)OC1C2CCC1N(Cc1ccccc1)C2)c1ccc(F)c([N+](=O)[O-])c1. The Kier molecular flexibility index (Phi) is 5.19. The van der Waals surface area contributed by atoms with E-state index in [1.165, 1.54) is 23.6 Å². The van der Waals surface area contributed by atoms with Gasteiger partial charge in [-0.3, -0.25) is 19.9 Å². The van der Waals surface area contributed by atoms with Gasteiger partial charge >= 0.3 is 11.8 Å². The lowest BCUT2D eigenvalue weighted by Gasteiger charge is -2.27. The Balaban J connectivity index is 1.43. The summed E-state index contributed by atoms with van der Waals surface area (Å²) in [5.74, 6) is -0.658.